The third-order valence-electron chi connectivity index (χ3n) is 4.95. The van der Waals surface area contributed by atoms with Crippen LogP contribution in [-0.2, 0) is 0 Å². The molecule has 4 rings (SSSR count). The Kier molecular flexibility index (Phi) is 6.00. The number of carbonyl (C=O) groups excluding carboxylic acids is 1. The number of amides is 1. The first-order valence-corrected chi connectivity index (χ1v) is 9.98. The molecule has 0 spiro atoms. The highest BCUT2D eigenvalue weighted by Crippen LogP contribution is 2.39. The van der Waals surface area contributed by atoms with Crippen molar-refractivity contribution in [2.24, 2.45) is 10.2 Å². The van der Waals surface area contributed by atoms with E-state index in [9.17, 15) is 29.7 Å². The molecule has 0 saturated heterocycles. The third-order valence-corrected chi connectivity index (χ3v) is 4.95. The van der Waals surface area contributed by atoms with E-state index in [-0.39, 0.29) is 28.1 Å². The van der Waals surface area contributed by atoms with Crippen molar-refractivity contribution < 1.29 is 29.7 Å². The average molecular weight is 455 g/mol. The molecule has 0 heterocycles. The minimum absolute atomic E-state index is 0.0534. The third kappa shape index (κ3) is 4.58. The number of azo groups is 1. The number of fused-ring (bicyclic) bond motifs is 1. The van der Waals surface area contributed by atoms with Gasteiger partial charge in [0.2, 0.25) is 0 Å². The number of hydrogen-bond acceptors (Lipinski definition) is 6. The number of hydrogen-bond donors (Lipinski definition) is 4. The number of benzene rings is 4. The van der Waals surface area contributed by atoms with Crippen LogP contribution in [0.4, 0.5) is 17.1 Å². The van der Waals surface area contributed by atoms with Crippen LogP contribution >= 0.6 is 0 Å². The van der Waals surface area contributed by atoms with Gasteiger partial charge < -0.3 is 20.6 Å². The quantitative estimate of drug-likeness (QED) is 0.278. The molecule has 1 amide bonds. The predicted octanol–water partition coefficient (Wildman–Crippen LogP) is 5.61. The molecular weight excluding hydrogens is 438 g/mol. The molecule has 0 atom stereocenters. The number of carbonyl (C=O) groups is 3. The SMILES string of the molecule is O=C(O)c1cc(NC(=O)c2cc3ccccc3c(/N=N/c3ccccc3)c2O)cc(C(=O)O)c1. The number of aromatic hydroxyl groups is 1. The smallest absolute Gasteiger partial charge is 0.335 e. The molecule has 168 valence electrons. The summed E-state index contributed by atoms with van der Waals surface area (Å²) in [6.07, 6.45) is 0. The number of rotatable bonds is 6. The molecule has 0 unspecified atom stereocenters. The van der Waals surface area contributed by atoms with Gasteiger partial charge in [-0.15, -0.1) is 5.11 Å². The summed E-state index contributed by atoms with van der Waals surface area (Å²) in [5.74, 6) is -3.91. The van der Waals surface area contributed by atoms with Crippen molar-refractivity contribution in [1.82, 2.24) is 0 Å². The van der Waals surface area contributed by atoms with E-state index in [4.69, 9.17) is 0 Å². The van der Waals surface area contributed by atoms with Gasteiger partial charge in [0.25, 0.3) is 5.91 Å². The van der Waals surface area contributed by atoms with E-state index < -0.39 is 23.6 Å². The summed E-state index contributed by atoms with van der Waals surface area (Å²) < 4.78 is 0. The lowest BCUT2D eigenvalue weighted by Gasteiger charge is -2.12. The van der Waals surface area contributed by atoms with Crippen LogP contribution in [0.2, 0.25) is 0 Å². The van der Waals surface area contributed by atoms with E-state index in [0.29, 0.717) is 16.5 Å². The molecule has 9 nitrogen and oxygen atoms in total. The average Bonchev–Trinajstić information content (AvgIpc) is 2.83. The molecule has 0 aliphatic heterocycles. The number of phenols is 1. The Labute approximate surface area is 192 Å². The van der Waals surface area contributed by atoms with Crippen molar-refractivity contribution >= 4 is 45.7 Å². The van der Waals surface area contributed by atoms with Gasteiger partial charge in [0.1, 0.15) is 5.69 Å². The zero-order valence-electron chi connectivity index (χ0n) is 17.5. The first-order chi connectivity index (χ1) is 16.3. The van der Waals surface area contributed by atoms with Gasteiger partial charge in [0.15, 0.2) is 5.75 Å². The highest BCUT2D eigenvalue weighted by atomic mass is 16.4. The fourth-order valence-electron chi connectivity index (χ4n) is 3.34. The Hall–Kier alpha value is -5.05. The molecule has 4 N–H and O–H groups in total. The predicted molar refractivity (Wildman–Crippen MR) is 125 cm³/mol. The summed E-state index contributed by atoms with van der Waals surface area (Å²) >= 11 is 0. The van der Waals surface area contributed by atoms with Gasteiger partial charge in [0.05, 0.1) is 22.4 Å². The number of nitrogens with zero attached hydrogens (tertiary/aromatic N) is 2. The first kappa shape index (κ1) is 22.2. The van der Waals surface area contributed by atoms with Gasteiger partial charge in [-0.3, -0.25) is 4.79 Å². The van der Waals surface area contributed by atoms with Crippen LogP contribution in [0.15, 0.2) is 89.1 Å². The standard InChI is InChI=1S/C25H17N3O6/c29-22-20(23(30)26-18-11-15(24(31)32)10-16(12-18)25(33)34)13-14-6-4-5-9-19(14)21(22)28-27-17-7-2-1-3-8-17/h1-13,29H,(H,26,30)(H,31,32)(H,33,34)/b28-27+. The molecule has 0 radical (unpaired) electrons. The topological polar surface area (TPSA) is 149 Å². The largest absolute Gasteiger partial charge is 0.505 e. The normalized spacial score (nSPS) is 10.9. The Balaban J connectivity index is 1.77. The maximum Gasteiger partial charge on any atom is 0.335 e. The van der Waals surface area contributed by atoms with Crippen molar-refractivity contribution in [2.75, 3.05) is 5.32 Å². The molecule has 0 saturated carbocycles. The minimum Gasteiger partial charge on any atom is -0.505 e. The molecular formula is C25H17N3O6. The molecule has 0 aromatic heterocycles. The van der Waals surface area contributed by atoms with Crippen LogP contribution in [0.1, 0.15) is 31.1 Å². The molecule has 4 aromatic rings. The van der Waals surface area contributed by atoms with E-state index in [1.807, 2.05) is 6.07 Å². The van der Waals surface area contributed by atoms with Crippen LogP contribution in [-0.4, -0.2) is 33.2 Å². The Morgan fingerprint density at radius 2 is 1.35 bits per heavy atom. The summed E-state index contributed by atoms with van der Waals surface area (Å²) in [5.41, 5.74) is -0.184. The van der Waals surface area contributed by atoms with Gasteiger partial charge in [-0.05, 0) is 41.8 Å². The molecule has 34 heavy (non-hydrogen) atoms. The van der Waals surface area contributed by atoms with E-state index in [1.54, 1.807) is 48.5 Å². The summed E-state index contributed by atoms with van der Waals surface area (Å²) in [6.45, 7) is 0. The summed E-state index contributed by atoms with van der Waals surface area (Å²) in [5, 5.41) is 41.3. The van der Waals surface area contributed by atoms with Crippen LogP contribution in [0, 0.1) is 0 Å². The van der Waals surface area contributed by atoms with Crippen molar-refractivity contribution in [3.63, 3.8) is 0 Å². The minimum atomic E-state index is -1.35. The van der Waals surface area contributed by atoms with Gasteiger partial charge >= 0.3 is 11.9 Å². The number of phenolic OH excluding ortho intramolecular Hbond substituents is 1. The Morgan fingerprint density at radius 1 is 0.735 bits per heavy atom. The molecule has 4 aromatic carbocycles. The fourth-order valence-corrected chi connectivity index (χ4v) is 3.34. The van der Waals surface area contributed by atoms with E-state index in [0.717, 1.165) is 18.2 Å². The van der Waals surface area contributed by atoms with Crippen molar-refractivity contribution in [3.8, 4) is 5.75 Å². The second-order valence-electron chi connectivity index (χ2n) is 7.24. The summed E-state index contributed by atoms with van der Waals surface area (Å²) in [7, 11) is 0. The van der Waals surface area contributed by atoms with Gasteiger partial charge in [-0.25, -0.2) is 9.59 Å². The molecule has 0 aliphatic rings. The zero-order chi connectivity index (χ0) is 24.2. The summed E-state index contributed by atoms with van der Waals surface area (Å²) in [6, 6.07) is 20.5. The second kappa shape index (κ2) is 9.21. The number of carboxylic acid groups (broad SMARTS) is 2. The van der Waals surface area contributed by atoms with E-state index >= 15 is 0 Å². The number of carboxylic acids is 2. The van der Waals surface area contributed by atoms with Crippen LogP contribution in [0.5, 0.6) is 5.75 Å². The lowest BCUT2D eigenvalue weighted by molar-refractivity contribution is 0.0696. The van der Waals surface area contributed by atoms with Crippen molar-refractivity contribution in [3.05, 3.63) is 95.6 Å². The molecule has 0 bridgehead atoms. The van der Waals surface area contributed by atoms with Crippen molar-refractivity contribution in [2.45, 2.75) is 0 Å². The zero-order valence-corrected chi connectivity index (χ0v) is 17.5. The highest BCUT2D eigenvalue weighted by Gasteiger charge is 2.20. The number of anilines is 1. The van der Waals surface area contributed by atoms with Gasteiger partial charge in [-0.2, -0.15) is 5.11 Å². The van der Waals surface area contributed by atoms with E-state index in [2.05, 4.69) is 15.5 Å². The summed E-state index contributed by atoms with van der Waals surface area (Å²) in [4.78, 5) is 35.7. The lowest BCUT2D eigenvalue weighted by atomic mass is 10.0. The maximum atomic E-state index is 13.0. The number of aromatic carboxylic acids is 2. The maximum absolute atomic E-state index is 13.0. The Morgan fingerprint density at radius 3 is 2.00 bits per heavy atom. The molecule has 0 fully saturated rings. The van der Waals surface area contributed by atoms with E-state index in [1.165, 1.54) is 6.07 Å². The molecule has 9 heteroatoms. The number of nitrogens with one attached hydrogen (secondary N) is 1. The monoisotopic (exact) mass is 455 g/mol. The van der Waals surface area contributed by atoms with Gasteiger partial charge in [-0.1, -0.05) is 42.5 Å². The van der Waals surface area contributed by atoms with Gasteiger partial charge in [0, 0.05) is 11.1 Å². The highest BCUT2D eigenvalue weighted by molar-refractivity contribution is 6.12. The fraction of sp³-hybridized carbons (Fsp3) is 0. The van der Waals surface area contributed by atoms with Crippen LogP contribution in [0.3, 0.4) is 0 Å². The molecule has 0 aliphatic carbocycles. The first-order valence-electron chi connectivity index (χ1n) is 9.98. The lowest BCUT2D eigenvalue weighted by Crippen LogP contribution is -2.14. The second-order valence-corrected chi connectivity index (χ2v) is 7.24. The van der Waals surface area contributed by atoms with Crippen molar-refractivity contribution in [1.29, 1.82) is 0 Å². The van der Waals surface area contributed by atoms with Crippen LogP contribution < -0.4 is 5.32 Å². The van der Waals surface area contributed by atoms with Crippen LogP contribution in [0.25, 0.3) is 10.8 Å². The Bertz CT molecular complexity index is 1430.